The summed E-state index contributed by atoms with van der Waals surface area (Å²) in [5, 5.41) is 0. The van der Waals surface area contributed by atoms with Gasteiger partial charge in [-0.1, -0.05) is 94.8 Å². The van der Waals surface area contributed by atoms with Gasteiger partial charge >= 0.3 is 5.97 Å². The number of terminal acetylenes is 1. The second-order valence-electron chi connectivity index (χ2n) is 8.34. The zero-order valence-electron chi connectivity index (χ0n) is 20.1. The molecule has 2 rings (SSSR count). The van der Waals surface area contributed by atoms with Gasteiger partial charge in [0.2, 0.25) is 0 Å². The van der Waals surface area contributed by atoms with E-state index in [-0.39, 0.29) is 6.10 Å². The molecule has 1 unspecified atom stereocenters. The predicted molar refractivity (Wildman–Crippen MR) is 132 cm³/mol. The van der Waals surface area contributed by atoms with E-state index in [2.05, 4.69) is 58.1 Å². The first kappa shape index (κ1) is 26.5. The molecule has 1 aliphatic carbocycles. The highest BCUT2D eigenvalue weighted by Crippen LogP contribution is 2.53. The highest BCUT2D eigenvalue weighted by Gasteiger charge is 2.42. The van der Waals surface area contributed by atoms with Gasteiger partial charge < -0.3 is 4.74 Å². The number of carbonyl (C=O) groups excluding carboxylic acids is 1. The third-order valence-corrected chi connectivity index (χ3v) is 5.85. The highest BCUT2D eigenvalue weighted by molar-refractivity contribution is 5.87. The van der Waals surface area contributed by atoms with E-state index in [4.69, 9.17) is 11.2 Å². The van der Waals surface area contributed by atoms with Crippen LogP contribution in [0.1, 0.15) is 84.8 Å². The maximum absolute atomic E-state index is 11.0. The molecule has 1 aliphatic rings. The van der Waals surface area contributed by atoms with Crippen molar-refractivity contribution in [3.05, 3.63) is 71.8 Å². The van der Waals surface area contributed by atoms with Gasteiger partial charge in [-0.25, -0.2) is 4.79 Å². The normalized spacial score (nSPS) is 21.7. The summed E-state index contributed by atoms with van der Waals surface area (Å²) in [5.41, 5.74) is 2.99. The van der Waals surface area contributed by atoms with E-state index in [0.717, 1.165) is 30.7 Å². The molecule has 0 spiro atoms. The molecule has 0 radical (unpaired) electrons. The summed E-state index contributed by atoms with van der Waals surface area (Å²) in [5.74, 6) is 2.27. The van der Waals surface area contributed by atoms with Crippen LogP contribution in [0.2, 0.25) is 0 Å². The first-order chi connectivity index (χ1) is 15.0. The maximum Gasteiger partial charge on any atom is 0.384 e. The molecule has 1 aromatic carbocycles. The molecular formula is C29H40O2. The van der Waals surface area contributed by atoms with Crippen molar-refractivity contribution in [1.82, 2.24) is 0 Å². The molecule has 0 N–H and O–H groups in total. The molecule has 1 aromatic rings. The summed E-state index contributed by atoms with van der Waals surface area (Å²) in [6.45, 7) is 11.0. The first-order valence-corrected chi connectivity index (χ1v) is 11.7. The number of ether oxygens (including phenoxy) is 1. The van der Waals surface area contributed by atoms with Gasteiger partial charge in [-0.3, -0.25) is 0 Å². The van der Waals surface area contributed by atoms with E-state index < -0.39 is 5.97 Å². The highest BCUT2D eigenvalue weighted by atomic mass is 16.5. The fraction of sp³-hybridized carbons (Fsp3) is 0.483. The van der Waals surface area contributed by atoms with Crippen LogP contribution in [-0.2, 0) is 9.53 Å². The third-order valence-electron chi connectivity index (χ3n) is 5.85. The lowest BCUT2D eigenvalue weighted by Crippen LogP contribution is -2.36. The monoisotopic (exact) mass is 420 g/mol. The van der Waals surface area contributed by atoms with Gasteiger partial charge in [0.15, 0.2) is 0 Å². The van der Waals surface area contributed by atoms with Crippen molar-refractivity contribution >= 4 is 5.97 Å². The van der Waals surface area contributed by atoms with Gasteiger partial charge in [0.1, 0.15) is 6.10 Å². The van der Waals surface area contributed by atoms with Crippen molar-refractivity contribution < 1.29 is 9.53 Å². The molecule has 0 amide bonds. The topological polar surface area (TPSA) is 26.3 Å². The lowest BCUT2D eigenvalue weighted by Gasteiger charge is -2.47. The van der Waals surface area contributed by atoms with E-state index >= 15 is 0 Å². The standard InChI is InChI=1S/C16H26.C13H14O2/c1-5-8-9-11-15(10-6-2)16(7-3)12-14(4)13-16;1-3-8-12(15-13(14)4-2)11-9-6-5-7-10-11/h6,8-11,14H,5,7,12-13H2,1-4H3;2,5-7,9-10,12H,3,8H2,1H3/b9-8+,10-6-,15-11+;. The molecule has 0 heterocycles. The third kappa shape index (κ3) is 8.62. The molecule has 0 saturated heterocycles. The summed E-state index contributed by atoms with van der Waals surface area (Å²) < 4.78 is 5.15. The Kier molecular flexibility index (Phi) is 12.4. The molecule has 0 aliphatic heterocycles. The Morgan fingerprint density at radius 1 is 1.26 bits per heavy atom. The molecule has 2 nitrogen and oxygen atoms in total. The largest absolute Gasteiger partial charge is 0.448 e. The number of allylic oxidation sites excluding steroid dienone is 6. The van der Waals surface area contributed by atoms with E-state index in [1.54, 1.807) is 0 Å². The molecule has 0 bridgehead atoms. The predicted octanol–water partition coefficient (Wildman–Crippen LogP) is 7.99. The van der Waals surface area contributed by atoms with Crippen LogP contribution < -0.4 is 0 Å². The minimum absolute atomic E-state index is 0.222. The molecule has 1 saturated carbocycles. The summed E-state index contributed by atoms with van der Waals surface area (Å²) in [6.07, 6.45) is 22.8. The van der Waals surface area contributed by atoms with Gasteiger partial charge in [-0.2, -0.15) is 0 Å². The number of hydrogen-bond donors (Lipinski definition) is 0. The van der Waals surface area contributed by atoms with Crippen LogP contribution in [0.15, 0.2) is 66.3 Å². The Morgan fingerprint density at radius 2 is 1.94 bits per heavy atom. The van der Waals surface area contributed by atoms with E-state index in [9.17, 15) is 4.79 Å². The number of rotatable bonds is 9. The van der Waals surface area contributed by atoms with Gasteiger partial charge in [0, 0.05) is 5.92 Å². The molecule has 1 fully saturated rings. The molecule has 0 aromatic heterocycles. The lowest BCUT2D eigenvalue weighted by atomic mass is 9.57. The minimum Gasteiger partial charge on any atom is -0.448 e. The van der Waals surface area contributed by atoms with Crippen molar-refractivity contribution in [3.8, 4) is 12.3 Å². The van der Waals surface area contributed by atoms with Crippen molar-refractivity contribution in [3.63, 3.8) is 0 Å². The summed E-state index contributed by atoms with van der Waals surface area (Å²) in [7, 11) is 0. The van der Waals surface area contributed by atoms with Crippen LogP contribution in [-0.4, -0.2) is 5.97 Å². The second kappa shape index (κ2) is 14.5. The van der Waals surface area contributed by atoms with Crippen molar-refractivity contribution in [1.29, 1.82) is 0 Å². The Morgan fingerprint density at radius 3 is 2.42 bits per heavy atom. The molecule has 1 atom stereocenters. The van der Waals surface area contributed by atoms with Crippen molar-refractivity contribution in [2.75, 3.05) is 0 Å². The summed E-state index contributed by atoms with van der Waals surface area (Å²) >= 11 is 0. The quantitative estimate of drug-likeness (QED) is 0.175. The molecule has 2 heteroatoms. The van der Waals surface area contributed by atoms with Gasteiger partial charge in [-0.15, -0.1) is 6.42 Å². The minimum atomic E-state index is -0.600. The van der Waals surface area contributed by atoms with Crippen LogP contribution in [0.4, 0.5) is 0 Å². The smallest absolute Gasteiger partial charge is 0.384 e. The molecule has 168 valence electrons. The summed E-state index contributed by atoms with van der Waals surface area (Å²) in [6, 6.07) is 9.63. The lowest BCUT2D eigenvalue weighted by molar-refractivity contribution is -0.142. The van der Waals surface area contributed by atoms with Gasteiger partial charge in [-0.05, 0) is 61.5 Å². The van der Waals surface area contributed by atoms with Crippen LogP contribution in [0.3, 0.4) is 0 Å². The van der Waals surface area contributed by atoms with Crippen molar-refractivity contribution in [2.24, 2.45) is 11.3 Å². The number of hydrogen-bond acceptors (Lipinski definition) is 2. The number of esters is 1. The SMILES string of the molecule is C#CC(=O)OC(CCC)c1ccccc1.C\C=C/C(=C\C=C\CC)C1(CC)CC(C)C1. The van der Waals surface area contributed by atoms with E-state index in [1.807, 2.05) is 43.2 Å². The van der Waals surface area contributed by atoms with Crippen molar-refractivity contribution in [2.45, 2.75) is 79.2 Å². The number of benzene rings is 1. The van der Waals surface area contributed by atoms with Crippen LogP contribution in [0.5, 0.6) is 0 Å². The van der Waals surface area contributed by atoms with E-state index in [0.29, 0.717) is 5.41 Å². The fourth-order valence-corrected chi connectivity index (χ4v) is 4.29. The molecular weight excluding hydrogens is 380 g/mol. The Bertz CT molecular complexity index is 771. The average molecular weight is 421 g/mol. The zero-order valence-corrected chi connectivity index (χ0v) is 20.1. The first-order valence-electron chi connectivity index (χ1n) is 11.7. The number of carbonyl (C=O) groups is 1. The Hall–Kier alpha value is -2.53. The summed E-state index contributed by atoms with van der Waals surface area (Å²) in [4.78, 5) is 11.0. The fourth-order valence-electron chi connectivity index (χ4n) is 4.29. The molecule has 31 heavy (non-hydrogen) atoms. The Labute approximate surface area is 190 Å². The second-order valence-corrected chi connectivity index (χ2v) is 8.34. The van der Waals surface area contributed by atoms with Gasteiger partial charge in [0.25, 0.3) is 0 Å². The van der Waals surface area contributed by atoms with Crippen LogP contribution in [0.25, 0.3) is 0 Å². The Balaban J connectivity index is 0.000000311. The van der Waals surface area contributed by atoms with Gasteiger partial charge in [0.05, 0.1) is 0 Å². The maximum atomic E-state index is 11.0. The van der Waals surface area contributed by atoms with E-state index in [1.165, 1.54) is 24.8 Å². The van der Waals surface area contributed by atoms with Crippen LogP contribution in [0, 0.1) is 23.7 Å². The average Bonchev–Trinajstić information content (AvgIpc) is 2.77. The van der Waals surface area contributed by atoms with Crippen LogP contribution >= 0.6 is 0 Å². The zero-order chi connectivity index (χ0) is 23.1.